The summed E-state index contributed by atoms with van der Waals surface area (Å²) in [6.45, 7) is 0. The van der Waals surface area contributed by atoms with Crippen molar-refractivity contribution in [2.24, 2.45) is 0 Å². The van der Waals surface area contributed by atoms with Crippen molar-refractivity contribution < 1.29 is 4.79 Å². The number of rotatable bonds is 3. The highest BCUT2D eigenvalue weighted by atomic mass is 35.5. The summed E-state index contributed by atoms with van der Waals surface area (Å²) in [6.07, 6.45) is 0. The molecule has 0 aliphatic rings. The molecule has 7 heteroatoms. The van der Waals surface area contributed by atoms with E-state index in [4.69, 9.17) is 27.4 Å². The molecule has 0 fully saturated rings. The lowest BCUT2D eigenvalue weighted by Crippen LogP contribution is -2.19. The summed E-state index contributed by atoms with van der Waals surface area (Å²) >= 11 is 5.82. The van der Waals surface area contributed by atoms with Crippen molar-refractivity contribution in [3.05, 3.63) is 40.1 Å². The van der Waals surface area contributed by atoms with Crippen molar-refractivity contribution in [1.29, 1.82) is 15.8 Å². The molecule has 6 nitrogen and oxygen atoms in total. The lowest BCUT2D eigenvalue weighted by atomic mass is 10.1. The summed E-state index contributed by atoms with van der Waals surface area (Å²) in [5.74, 6) is -0.414. The molecule has 0 atom stereocenters. The Kier molecular flexibility index (Phi) is 5.12. The third-order valence-electron chi connectivity index (χ3n) is 2.30. The van der Waals surface area contributed by atoms with Gasteiger partial charge in [0.1, 0.15) is 23.9 Å². The van der Waals surface area contributed by atoms with Crippen LogP contribution < -0.4 is 10.6 Å². The van der Waals surface area contributed by atoms with Gasteiger partial charge in [-0.2, -0.15) is 15.8 Å². The van der Waals surface area contributed by atoms with Crippen LogP contribution in [0.2, 0.25) is 5.02 Å². The molecule has 0 saturated heterocycles. The molecule has 1 amide bonds. The minimum Gasteiger partial charge on any atom is -0.355 e. The van der Waals surface area contributed by atoms with Crippen molar-refractivity contribution in [1.82, 2.24) is 5.32 Å². The molecule has 0 unspecified atom stereocenters. The highest BCUT2D eigenvalue weighted by Crippen LogP contribution is 2.22. The zero-order chi connectivity index (χ0) is 15.1. The fourth-order valence-corrected chi connectivity index (χ4v) is 1.54. The van der Waals surface area contributed by atoms with Gasteiger partial charge in [0.05, 0.1) is 11.3 Å². The minimum atomic E-state index is -0.414. The number of nitriles is 3. The third kappa shape index (κ3) is 3.26. The van der Waals surface area contributed by atoms with Gasteiger partial charge in [0, 0.05) is 12.1 Å². The molecule has 0 aliphatic heterocycles. The Bertz CT molecular complexity index is 687. The topological polar surface area (TPSA) is 112 Å². The summed E-state index contributed by atoms with van der Waals surface area (Å²) in [6, 6.07) is 9.33. The molecule has 0 radical (unpaired) electrons. The number of nitrogens with one attached hydrogen (secondary N) is 2. The van der Waals surface area contributed by atoms with Gasteiger partial charge >= 0.3 is 0 Å². The monoisotopic (exact) mass is 285 g/mol. The number of anilines is 1. The normalized spacial score (nSPS) is 8.55. The lowest BCUT2D eigenvalue weighted by Gasteiger charge is -2.10. The van der Waals surface area contributed by atoms with Gasteiger partial charge in [0.2, 0.25) is 0 Å². The van der Waals surface area contributed by atoms with Crippen LogP contribution in [0.5, 0.6) is 0 Å². The van der Waals surface area contributed by atoms with Crippen LogP contribution in [0.3, 0.4) is 0 Å². The van der Waals surface area contributed by atoms with E-state index < -0.39 is 5.91 Å². The Morgan fingerprint density at radius 2 is 1.85 bits per heavy atom. The van der Waals surface area contributed by atoms with Gasteiger partial charge in [-0.25, -0.2) is 0 Å². The van der Waals surface area contributed by atoms with E-state index in [-0.39, 0.29) is 22.5 Å². The maximum Gasteiger partial charge on any atom is 0.253 e. The molecule has 0 saturated carbocycles. The first-order valence-corrected chi connectivity index (χ1v) is 5.68. The van der Waals surface area contributed by atoms with Crippen LogP contribution >= 0.6 is 11.6 Å². The Morgan fingerprint density at radius 3 is 2.35 bits per heavy atom. The summed E-state index contributed by atoms with van der Waals surface area (Å²) in [4.78, 5) is 11.7. The predicted molar refractivity (Wildman–Crippen MR) is 72.3 cm³/mol. The van der Waals surface area contributed by atoms with E-state index in [1.165, 1.54) is 25.2 Å². The summed E-state index contributed by atoms with van der Waals surface area (Å²) < 4.78 is 0. The Balaban J connectivity index is 3.34. The summed E-state index contributed by atoms with van der Waals surface area (Å²) in [5.41, 5.74) is -0.135. The molecule has 0 bridgehead atoms. The number of carbonyl (C=O) groups excluding carboxylic acids is 1. The van der Waals surface area contributed by atoms with Crippen LogP contribution in [-0.2, 0) is 0 Å². The number of hydrogen-bond donors (Lipinski definition) is 2. The van der Waals surface area contributed by atoms with Gasteiger partial charge < -0.3 is 10.6 Å². The number of benzene rings is 1. The second-order valence-corrected chi connectivity index (χ2v) is 3.92. The van der Waals surface area contributed by atoms with Crippen molar-refractivity contribution in [3.8, 4) is 18.2 Å². The van der Waals surface area contributed by atoms with Crippen LogP contribution in [0.4, 0.5) is 5.69 Å². The highest BCUT2D eigenvalue weighted by molar-refractivity contribution is 6.31. The molecule has 98 valence electrons. The Labute approximate surface area is 120 Å². The first-order valence-electron chi connectivity index (χ1n) is 5.30. The van der Waals surface area contributed by atoms with Gasteiger partial charge in [-0.15, -0.1) is 0 Å². The highest BCUT2D eigenvalue weighted by Gasteiger charge is 2.13. The number of carbonyl (C=O) groups is 1. The van der Waals surface area contributed by atoms with E-state index in [0.29, 0.717) is 5.02 Å². The molecule has 0 aromatic heterocycles. The molecule has 2 N–H and O–H groups in total. The molecule has 0 spiro atoms. The fourth-order valence-electron chi connectivity index (χ4n) is 1.37. The molecule has 1 aromatic carbocycles. The molecular formula is C13H8ClN5O. The molecule has 0 heterocycles. The minimum absolute atomic E-state index is 0.197. The molecular weight excluding hydrogens is 278 g/mol. The number of amides is 1. The molecule has 0 aliphatic carbocycles. The van der Waals surface area contributed by atoms with E-state index >= 15 is 0 Å². The Hall–Kier alpha value is -3.01. The van der Waals surface area contributed by atoms with Crippen LogP contribution in [0.25, 0.3) is 0 Å². The smallest absolute Gasteiger partial charge is 0.253 e. The predicted octanol–water partition coefficient (Wildman–Crippen LogP) is 1.94. The second kappa shape index (κ2) is 6.80. The van der Waals surface area contributed by atoms with E-state index in [2.05, 4.69) is 10.6 Å². The van der Waals surface area contributed by atoms with Crippen molar-refractivity contribution in [2.75, 3.05) is 12.4 Å². The molecule has 1 aromatic rings. The first-order chi connectivity index (χ1) is 9.57. The summed E-state index contributed by atoms with van der Waals surface area (Å²) in [5, 5.41) is 31.8. The molecule has 1 rings (SSSR count). The van der Waals surface area contributed by atoms with Crippen LogP contribution in [0, 0.1) is 34.0 Å². The number of allylic oxidation sites excluding steroid dienone is 2. The maximum absolute atomic E-state index is 11.7. The van der Waals surface area contributed by atoms with E-state index in [1.807, 2.05) is 0 Å². The number of nitrogens with zero attached hydrogens (tertiary/aromatic N) is 3. The van der Waals surface area contributed by atoms with Crippen molar-refractivity contribution in [2.45, 2.75) is 0 Å². The van der Waals surface area contributed by atoms with E-state index in [9.17, 15) is 4.79 Å². The zero-order valence-corrected chi connectivity index (χ0v) is 11.1. The lowest BCUT2D eigenvalue weighted by molar-refractivity contribution is 0.0964. The summed E-state index contributed by atoms with van der Waals surface area (Å²) in [7, 11) is 1.45. The first kappa shape index (κ1) is 15.0. The van der Waals surface area contributed by atoms with E-state index in [1.54, 1.807) is 18.2 Å². The van der Waals surface area contributed by atoms with Crippen LogP contribution in [-0.4, -0.2) is 13.0 Å². The van der Waals surface area contributed by atoms with Crippen LogP contribution in [0.15, 0.2) is 29.5 Å². The van der Waals surface area contributed by atoms with Gasteiger partial charge in [0.25, 0.3) is 5.91 Å². The average Bonchev–Trinajstić information content (AvgIpc) is 2.47. The van der Waals surface area contributed by atoms with Crippen molar-refractivity contribution in [3.63, 3.8) is 0 Å². The average molecular weight is 286 g/mol. The van der Waals surface area contributed by atoms with Gasteiger partial charge in [0.15, 0.2) is 5.57 Å². The quantitative estimate of drug-likeness (QED) is 0.824. The largest absolute Gasteiger partial charge is 0.355 e. The van der Waals surface area contributed by atoms with Gasteiger partial charge in [-0.3, -0.25) is 4.79 Å². The maximum atomic E-state index is 11.7. The zero-order valence-electron chi connectivity index (χ0n) is 10.4. The standard InChI is InChI=1S/C13H8ClN5O/c1-18-13(20)10-4-9(14)2-3-11(10)19-12(7-17)8(5-15)6-16/h2-4,19H,1H3,(H,18,20). The Morgan fingerprint density at radius 1 is 1.20 bits per heavy atom. The number of hydrogen-bond acceptors (Lipinski definition) is 5. The second-order valence-electron chi connectivity index (χ2n) is 3.48. The number of halogens is 1. The van der Waals surface area contributed by atoms with E-state index in [0.717, 1.165) is 0 Å². The van der Waals surface area contributed by atoms with Gasteiger partial charge in [-0.1, -0.05) is 11.6 Å². The fraction of sp³-hybridized carbons (Fsp3) is 0.0769. The third-order valence-corrected chi connectivity index (χ3v) is 2.53. The van der Waals surface area contributed by atoms with Gasteiger partial charge in [-0.05, 0) is 18.2 Å². The SMILES string of the molecule is CNC(=O)c1cc(Cl)ccc1NC(C#N)=C(C#N)C#N. The van der Waals surface area contributed by atoms with Crippen molar-refractivity contribution >= 4 is 23.2 Å². The molecule has 20 heavy (non-hydrogen) atoms. The van der Waals surface area contributed by atoms with Crippen LogP contribution in [0.1, 0.15) is 10.4 Å².